The number of benzene rings is 2. The SMILES string of the molecule is C[C@H](C=O)Cc1ccc(OCc2ccccc2)cc1. The lowest BCUT2D eigenvalue weighted by Crippen LogP contribution is -2.00. The van der Waals surface area contributed by atoms with Gasteiger partial charge in [0.05, 0.1) is 0 Å². The van der Waals surface area contributed by atoms with Crippen molar-refractivity contribution in [3.8, 4) is 5.75 Å². The van der Waals surface area contributed by atoms with Crippen LogP contribution in [0, 0.1) is 5.92 Å². The fraction of sp³-hybridized carbons (Fsp3) is 0.235. The zero-order valence-electron chi connectivity index (χ0n) is 11.1. The molecule has 0 spiro atoms. The molecule has 0 fully saturated rings. The Morgan fingerprint density at radius 1 is 1.00 bits per heavy atom. The van der Waals surface area contributed by atoms with Crippen LogP contribution in [0.3, 0.4) is 0 Å². The van der Waals surface area contributed by atoms with Crippen molar-refractivity contribution in [3.05, 3.63) is 65.7 Å². The highest BCUT2D eigenvalue weighted by atomic mass is 16.5. The number of aldehydes is 1. The molecule has 2 nitrogen and oxygen atoms in total. The number of hydrogen-bond acceptors (Lipinski definition) is 2. The normalized spacial score (nSPS) is 11.8. The van der Waals surface area contributed by atoms with Gasteiger partial charge in [-0.05, 0) is 29.7 Å². The van der Waals surface area contributed by atoms with Crippen molar-refractivity contribution in [1.82, 2.24) is 0 Å². The maximum Gasteiger partial charge on any atom is 0.123 e. The molecule has 2 aromatic rings. The first-order valence-corrected chi connectivity index (χ1v) is 6.49. The van der Waals surface area contributed by atoms with E-state index in [1.807, 2.05) is 61.5 Å². The minimum Gasteiger partial charge on any atom is -0.489 e. The summed E-state index contributed by atoms with van der Waals surface area (Å²) < 4.78 is 5.71. The van der Waals surface area contributed by atoms with Gasteiger partial charge in [-0.25, -0.2) is 0 Å². The van der Waals surface area contributed by atoms with E-state index in [0.29, 0.717) is 6.61 Å². The molecule has 2 heteroatoms. The van der Waals surface area contributed by atoms with Crippen molar-refractivity contribution in [2.45, 2.75) is 20.0 Å². The zero-order chi connectivity index (χ0) is 13.5. The van der Waals surface area contributed by atoms with E-state index in [-0.39, 0.29) is 5.92 Å². The lowest BCUT2D eigenvalue weighted by molar-refractivity contribution is -0.110. The molecule has 0 aromatic heterocycles. The number of rotatable bonds is 6. The van der Waals surface area contributed by atoms with E-state index in [9.17, 15) is 4.79 Å². The van der Waals surface area contributed by atoms with Crippen molar-refractivity contribution in [2.75, 3.05) is 0 Å². The number of ether oxygens (including phenoxy) is 1. The standard InChI is InChI=1S/C17H18O2/c1-14(12-18)11-15-7-9-17(10-8-15)19-13-16-5-3-2-4-6-16/h2-10,12,14H,11,13H2,1H3/t14-/m0/s1. The number of hydrogen-bond donors (Lipinski definition) is 0. The molecule has 98 valence electrons. The van der Waals surface area contributed by atoms with E-state index in [1.165, 1.54) is 0 Å². The van der Waals surface area contributed by atoms with E-state index in [0.717, 1.165) is 29.6 Å². The third-order valence-electron chi connectivity index (χ3n) is 2.96. The highest BCUT2D eigenvalue weighted by Gasteiger charge is 2.02. The van der Waals surface area contributed by atoms with Crippen molar-refractivity contribution >= 4 is 6.29 Å². The molecule has 0 saturated heterocycles. The molecule has 19 heavy (non-hydrogen) atoms. The number of carbonyl (C=O) groups excluding carboxylic acids is 1. The van der Waals surface area contributed by atoms with Crippen molar-refractivity contribution in [3.63, 3.8) is 0 Å². The maximum absolute atomic E-state index is 10.6. The van der Waals surface area contributed by atoms with Crippen LogP contribution in [-0.2, 0) is 17.8 Å². The third kappa shape index (κ3) is 4.25. The van der Waals surface area contributed by atoms with Gasteiger partial charge in [0.15, 0.2) is 0 Å². The van der Waals surface area contributed by atoms with Crippen LogP contribution >= 0.6 is 0 Å². The Balaban J connectivity index is 1.90. The van der Waals surface area contributed by atoms with Gasteiger partial charge in [0.1, 0.15) is 18.6 Å². The van der Waals surface area contributed by atoms with Gasteiger partial charge in [0.25, 0.3) is 0 Å². The monoisotopic (exact) mass is 254 g/mol. The average molecular weight is 254 g/mol. The maximum atomic E-state index is 10.6. The summed E-state index contributed by atoms with van der Waals surface area (Å²) in [6, 6.07) is 18.0. The summed E-state index contributed by atoms with van der Waals surface area (Å²) in [4.78, 5) is 10.6. The van der Waals surface area contributed by atoms with Gasteiger partial charge in [0.2, 0.25) is 0 Å². The Kier molecular flexibility index (Phi) is 4.73. The van der Waals surface area contributed by atoms with E-state index in [2.05, 4.69) is 0 Å². The van der Waals surface area contributed by atoms with Gasteiger partial charge in [0, 0.05) is 5.92 Å². The first kappa shape index (κ1) is 13.3. The van der Waals surface area contributed by atoms with Crippen LogP contribution in [-0.4, -0.2) is 6.29 Å². The molecule has 0 aliphatic carbocycles. The van der Waals surface area contributed by atoms with Crippen molar-refractivity contribution < 1.29 is 9.53 Å². The van der Waals surface area contributed by atoms with Crippen LogP contribution in [0.2, 0.25) is 0 Å². The summed E-state index contributed by atoms with van der Waals surface area (Å²) in [7, 11) is 0. The largest absolute Gasteiger partial charge is 0.489 e. The molecule has 2 rings (SSSR count). The van der Waals surface area contributed by atoms with Gasteiger partial charge in [-0.2, -0.15) is 0 Å². The van der Waals surface area contributed by atoms with E-state index in [1.54, 1.807) is 0 Å². The highest BCUT2D eigenvalue weighted by Crippen LogP contribution is 2.16. The molecule has 0 amide bonds. The first-order chi connectivity index (χ1) is 9.28. The molecule has 0 radical (unpaired) electrons. The predicted molar refractivity (Wildman–Crippen MR) is 76.1 cm³/mol. The van der Waals surface area contributed by atoms with Gasteiger partial charge in [-0.1, -0.05) is 49.4 Å². The first-order valence-electron chi connectivity index (χ1n) is 6.49. The second-order valence-electron chi connectivity index (χ2n) is 4.74. The Morgan fingerprint density at radius 2 is 1.68 bits per heavy atom. The molecular weight excluding hydrogens is 236 g/mol. The van der Waals surface area contributed by atoms with Crippen molar-refractivity contribution in [1.29, 1.82) is 0 Å². The van der Waals surface area contributed by atoms with E-state index < -0.39 is 0 Å². The lowest BCUT2D eigenvalue weighted by Gasteiger charge is -2.08. The Morgan fingerprint density at radius 3 is 2.32 bits per heavy atom. The van der Waals surface area contributed by atoms with Gasteiger partial charge in [-0.15, -0.1) is 0 Å². The smallest absolute Gasteiger partial charge is 0.123 e. The molecule has 1 atom stereocenters. The highest BCUT2D eigenvalue weighted by molar-refractivity contribution is 5.53. The van der Waals surface area contributed by atoms with E-state index >= 15 is 0 Å². The number of carbonyl (C=O) groups is 1. The Hall–Kier alpha value is -2.09. The minimum atomic E-state index is 0.0658. The van der Waals surface area contributed by atoms with Gasteiger partial charge >= 0.3 is 0 Å². The van der Waals surface area contributed by atoms with E-state index in [4.69, 9.17) is 4.74 Å². The zero-order valence-corrected chi connectivity index (χ0v) is 11.1. The van der Waals surface area contributed by atoms with Crippen LogP contribution in [0.15, 0.2) is 54.6 Å². The summed E-state index contributed by atoms with van der Waals surface area (Å²) in [6.45, 7) is 2.50. The summed E-state index contributed by atoms with van der Waals surface area (Å²) in [6.07, 6.45) is 1.77. The second-order valence-corrected chi connectivity index (χ2v) is 4.74. The Labute approximate surface area is 114 Å². The molecule has 0 N–H and O–H groups in total. The molecule has 0 bridgehead atoms. The molecule has 0 aliphatic heterocycles. The van der Waals surface area contributed by atoms with Gasteiger partial charge in [-0.3, -0.25) is 0 Å². The fourth-order valence-electron chi connectivity index (χ4n) is 1.88. The summed E-state index contributed by atoms with van der Waals surface area (Å²) in [5, 5.41) is 0. The Bertz CT molecular complexity index is 503. The average Bonchev–Trinajstić information content (AvgIpc) is 2.47. The van der Waals surface area contributed by atoms with Crippen LogP contribution in [0.1, 0.15) is 18.1 Å². The topological polar surface area (TPSA) is 26.3 Å². The molecule has 0 heterocycles. The molecule has 0 unspecified atom stereocenters. The molecular formula is C17H18O2. The van der Waals surface area contributed by atoms with Crippen LogP contribution in [0.4, 0.5) is 0 Å². The minimum absolute atomic E-state index is 0.0658. The van der Waals surface area contributed by atoms with Gasteiger partial charge < -0.3 is 9.53 Å². The lowest BCUT2D eigenvalue weighted by atomic mass is 10.0. The molecule has 0 saturated carbocycles. The summed E-state index contributed by atoms with van der Waals surface area (Å²) >= 11 is 0. The molecule has 0 aliphatic rings. The predicted octanol–water partition coefficient (Wildman–Crippen LogP) is 3.64. The molecule has 2 aromatic carbocycles. The quantitative estimate of drug-likeness (QED) is 0.736. The fourth-order valence-corrected chi connectivity index (χ4v) is 1.88. The third-order valence-corrected chi connectivity index (χ3v) is 2.96. The van der Waals surface area contributed by atoms with Crippen LogP contribution in [0.5, 0.6) is 5.75 Å². The van der Waals surface area contributed by atoms with Crippen molar-refractivity contribution in [2.24, 2.45) is 5.92 Å². The summed E-state index contributed by atoms with van der Waals surface area (Å²) in [5.74, 6) is 0.919. The second kappa shape index (κ2) is 6.74. The summed E-state index contributed by atoms with van der Waals surface area (Å²) in [5.41, 5.74) is 2.31. The van der Waals surface area contributed by atoms with Crippen LogP contribution in [0.25, 0.3) is 0 Å². The van der Waals surface area contributed by atoms with Crippen LogP contribution < -0.4 is 4.74 Å².